The summed E-state index contributed by atoms with van der Waals surface area (Å²) in [7, 11) is 0. The Balaban J connectivity index is 1.89. The molecule has 1 amide bonds. The van der Waals surface area contributed by atoms with Crippen LogP contribution in [0.3, 0.4) is 0 Å². The van der Waals surface area contributed by atoms with Gasteiger partial charge in [-0.05, 0) is 25.7 Å². The fourth-order valence-electron chi connectivity index (χ4n) is 2.35. The number of nitrogens with zero attached hydrogens (tertiary/aromatic N) is 2. The third kappa shape index (κ3) is 3.15. The third-order valence-electron chi connectivity index (χ3n) is 3.35. The Morgan fingerprint density at radius 1 is 1.41 bits per heavy atom. The molecule has 0 spiro atoms. The molecule has 5 nitrogen and oxygen atoms in total. The summed E-state index contributed by atoms with van der Waals surface area (Å²) >= 11 is 1.13. The SMILES string of the molecule is CC(NC(=O)c1nnc(N)s1)C1CCCCC1. The number of nitrogens with two attached hydrogens (primary N) is 1. The number of nitrogen functional groups attached to an aromatic ring is 1. The first-order chi connectivity index (χ1) is 8.16. The number of nitrogens with one attached hydrogen (secondary N) is 1. The topological polar surface area (TPSA) is 80.9 Å². The fourth-order valence-corrected chi connectivity index (χ4v) is 2.86. The van der Waals surface area contributed by atoms with Crippen LogP contribution in [0.1, 0.15) is 48.8 Å². The molecule has 94 valence electrons. The van der Waals surface area contributed by atoms with Crippen molar-refractivity contribution in [3.63, 3.8) is 0 Å². The summed E-state index contributed by atoms with van der Waals surface area (Å²) < 4.78 is 0. The van der Waals surface area contributed by atoms with Crippen molar-refractivity contribution < 1.29 is 4.79 Å². The van der Waals surface area contributed by atoms with Crippen LogP contribution in [0.25, 0.3) is 0 Å². The normalized spacial score (nSPS) is 18.9. The molecule has 0 aromatic carbocycles. The van der Waals surface area contributed by atoms with Crippen molar-refractivity contribution in [1.29, 1.82) is 0 Å². The molecule has 1 aromatic heterocycles. The Hall–Kier alpha value is -1.17. The van der Waals surface area contributed by atoms with Gasteiger partial charge in [0.2, 0.25) is 10.1 Å². The van der Waals surface area contributed by atoms with Crippen molar-refractivity contribution in [3.8, 4) is 0 Å². The summed E-state index contributed by atoms with van der Waals surface area (Å²) in [6.07, 6.45) is 6.29. The van der Waals surface area contributed by atoms with Gasteiger partial charge in [-0.15, -0.1) is 10.2 Å². The number of rotatable bonds is 3. The average Bonchev–Trinajstić information content (AvgIpc) is 2.77. The highest BCUT2D eigenvalue weighted by molar-refractivity contribution is 7.16. The molecule has 0 aliphatic heterocycles. The first kappa shape index (κ1) is 12.3. The molecule has 1 unspecified atom stereocenters. The minimum absolute atomic E-state index is 0.155. The molecule has 1 aromatic rings. The highest BCUT2D eigenvalue weighted by Crippen LogP contribution is 2.26. The molecule has 1 atom stereocenters. The van der Waals surface area contributed by atoms with E-state index in [1.54, 1.807) is 0 Å². The lowest BCUT2D eigenvalue weighted by molar-refractivity contribution is 0.0918. The number of aromatic nitrogens is 2. The molecule has 0 radical (unpaired) electrons. The monoisotopic (exact) mass is 254 g/mol. The molecule has 1 aliphatic carbocycles. The Labute approximate surface area is 105 Å². The number of amides is 1. The molecule has 0 bridgehead atoms. The van der Waals surface area contributed by atoms with Crippen molar-refractivity contribution >= 4 is 22.4 Å². The summed E-state index contributed by atoms with van der Waals surface area (Å²) in [5, 5.41) is 11.1. The van der Waals surface area contributed by atoms with Gasteiger partial charge in [0, 0.05) is 6.04 Å². The zero-order chi connectivity index (χ0) is 12.3. The van der Waals surface area contributed by atoms with Gasteiger partial charge >= 0.3 is 0 Å². The minimum Gasteiger partial charge on any atom is -0.374 e. The number of hydrogen-bond acceptors (Lipinski definition) is 5. The van der Waals surface area contributed by atoms with Crippen LogP contribution in [0.2, 0.25) is 0 Å². The smallest absolute Gasteiger partial charge is 0.282 e. The van der Waals surface area contributed by atoms with E-state index in [1.807, 2.05) is 0 Å². The van der Waals surface area contributed by atoms with Gasteiger partial charge in [-0.2, -0.15) is 0 Å². The van der Waals surface area contributed by atoms with Gasteiger partial charge in [-0.25, -0.2) is 0 Å². The van der Waals surface area contributed by atoms with Crippen LogP contribution in [-0.4, -0.2) is 22.1 Å². The van der Waals surface area contributed by atoms with E-state index in [4.69, 9.17) is 5.73 Å². The maximum atomic E-state index is 11.9. The zero-order valence-corrected chi connectivity index (χ0v) is 10.8. The van der Waals surface area contributed by atoms with Crippen molar-refractivity contribution in [3.05, 3.63) is 5.01 Å². The predicted octanol–water partition coefficient (Wildman–Crippen LogP) is 1.82. The first-order valence-corrected chi connectivity index (χ1v) is 6.88. The lowest BCUT2D eigenvalue weighted by Gasteiger charge is -2.27. The molecule has 1 fully saturated rings. The second-order valence-electron chi connectivity index (χ2n) is 4.61. The van der Waals surface area contributed by atoms with Gasteiger partial charge in [0.05, 0.1) is 0 Å². The number of carbonyl (C=O) groups excluding carboxylic acids is 1. The maximum Gasteiger partial charge on any atom is 0.282 e. The van der Waals surface area contributed by atoms with Crippen LogP contribution < -0.4 is 11.1 Å². The fraction of sp³-hybridized carbons (Fsp3) is 0.727. The summed E-state index contributed by atoms with van der Waals surface area (Å²) in [5.41, 5.74) is 5.45. The van der Waals surface area contributed by atoms with Crippen LogP contribution in [0.15, 0.2) is 0 Å². The van der Waals surface area contributed by atoms with E-state index in [1.165, 1.54) is 32.1 Å². The van der Waals surface area contributed by atoms with Crippen molar-refractivity contribution in [1.82, 2.24) is 15.5 Å². The Morgan fingerprint density at radius 3 is 2.71 bits per heavy atom. The Bertz CT molecular complexity index is 387. The largest absolute Gasteiger partial charge is 0.374 e. The predicted molar refractivity (Wildman–Crippen MR) is 67.8 cm³/mol. The summed E-state index contributed by atoms with van der Waals surface area (Å²) in [6.45, 7) is 2.07. The lowest BCUT2D eigenvalue weighted by atomic mass is 9.84. The molecular weight excluding hydrogens is 236 g/mol. The maximum absolute atomic E-state index is 11.9. The second-order valence-corrected chi connectivity index (χ2v) is 5.61. The van der Waals surface area contributed by atoms with Gasteiger partial charge in [0.1, 0.15) is 0 Å². The highest BCUT2D eigenvalue weighted by atomic mass is 32.1. The van der Waals surface area contributed by atoms with Gasteiger partial charge < -0.3 is 11.1 Å². The van der Waals surface area contributed by atoms with Crippen LogP contribution in [0.4, 0.5) is 5.13 Å². The quantitative estimate of drug-likeness (QED) is 0.862. The lowest BCUT2D eigenvalue weighted by Crippen LogP contribution is -2.38. The number of carbonyl (C=O) groups is 1. The van der Waals surface area contributed by atoms with E-state index in [2.05, 4.69) is 22.4 Å². The minimum atomic E-state index is -0.155. The molecule has 0 saturated heterocycles. The molecule has 1 saturated carbocycles. The van der Waals surface area contributed by atoms with E-state index >= 15 is 0 Å². The van der Waals surface area contributed by atoms with Crippen LogP contribution in [-0.2, 0) is 0 Å². The van der Waals surface area contributed by atoms with E-state index in [-0.39, 0.29) is 11.9 Å². The van der Waals surface area contributed by atoms with Crippen molar-refractivity contribution in [2.45, 2.75) is 45.1 Å². The van der Waals surface area contributed by atoms with E-state index < -0.39 is 0 Å². The van der Waals surface area contributed by atoms with Gasteiger partial charge in [-0.1, -0.05) is 30.6 Å². The number of anilines is 1. The standard InChI is InChI=1S/C11H18N4OS/c1-7(8-5-3-2-4-6-8)13-9(16)10-14-15-11(12)17-10/h7-8H,2-6H2,1H3,(H2,12,15)(H,13,16). The second kappa shape index (κ2) is 5.44. The molecule has 1 heterocycles. The van der Waals surface area contributed by atoms with Crippen molar-refractivity contribution in [2.24, 2.45) is 5.92 Å². The zero-order valence-electron chi connectivity index (χ0n) is 9.98. The van der Waals surface area contributed by atoms with E-state index in [9.17, 15) is 4.79 Å². The molecule has 2 rings (SSSR count). The third-order valence-corrected chi connectivity index (χ3v) is 4.10. The summed E-state index contributed by atoms with van der Waals surface area (Å²) in [4.78, 5) is 11.9. The first-order valence-electron chi connectivity index (χ1n) is 6.06. The molecule has 3 N–H and O–H groups in total. The summed E-state index contributed by atoms with van der Waals surface area (Å²) in [6, 6.07) is 0.202. The van der Waals surface area contributed by atoms with Gasteiger partial charge in [0.25, 0.3) is 5.91 Å². The number of hydrogen-bond donors (Lipinski definition) is 2. The van der Waals surface area contributed by atoms with Gasteiger partial charge in [-0.3, -0.25) is 4.79 Å². The van der Waals surface area contributed by atoms with E-state index in [0.717, 1.165) is 11.3 Å². The average molecular weight is 254 g/mol. The molecule has 17 heavy (non-hydrogen) atoms. The van der Waals surface area contributed by atoms with Crippen molar-refractivity contribution in [2.75, 3.05) is 5.73 Å². The Morgan fingerprint density at radius 2 is 2.12 bits per heavy atom. The summed E-state index contributed by atoms with van der Waals surface area (Å²) in [5.74, 6) is 0.440. The Kier molecular flexibility index (Phi) is 3.93. The molecule has 1 aliphatic rings. The van der Waals surface area contributed by atoms with Gasteiger partial charge in [0.15, 0.2) is 0 Å². The molecule has 6 heteroatoms. The van der Waals surface area contributed by atoms with E-state index in [0.29, 0.717) is 16.1 Å². The molecular formula is C11H18N4OS. The van der Waals surface area contributed by atoms with Crippen LogP contribution >= 0.6 is 11.3 Å². The van der Waals surface area contributed by atoms with Crippen LogP contribution in [0.5, 0.6) is 0 Å². The highest BCUT2D eigenvalue weighted by Gasteiger charge is 2.22. The van der Waals surface area contributed by atoms with Crippen LogP contribution in [0, 0.1) is 5.92 Å².